The molecule has 1 atom stereocenters. The number of thiophene rings is 1. The minimum Gasteiger partial charge on any atom is -0.339 e. The van der Waals surface area contributed by atoms with Gasteiger partial charge >= 0.3 is 0 Å². The van der Waals surface area contributed by atoms with Crippen molar-refractivity contribution in [3.8, 4) is 11.4 Å². The molecule has 2 fully saturated rings. The van der Waals surface area contributed by atoms with Gasteiger partial charge in [-0.05, 0) is 37.6 Å². The standard InChI is InChI=1S/C19H27N5O2S/c1-15-4-2-3-6-24(15)18(25)13-23-9-7-22(8-10-23)12-17-20-19(21-26-17)16-5-11-27-14-16/h5,11,14-15H,2-4,6-10,12-13H2,1H3. The molecule has 4 heterocycles. The van der Waals surface area contributed by atoms with Crippen molar-refractivity contribution in [2.75, 3.05) is 39.3 Å². The number of hydrogen-bond donors (Lipinski definition) is 0. The van der Waals surface area contributed by atoms with E-state index in [0.29, 0.717) is 30.8 Å². The molecule has 7 nitrogen and oxygen atoms in total. The molecule has 146 valence electrons. The Morgan fingerprint density at radius 1 is 1.22 bits per heavy atom. The summed E-state index contributed by atoms with van der Waals surface area (Å²) >= 11 is 1.63. The summed E-state index contributed by atoms with van der Waals surface area (Å²) in [5.74, 6) is 1.60. The van der Waals surface area contributed by atoms with E-state index in [1.807, 2.05) is 16.8 Å². The third kappa shape index (κ3) is 4.56. The zero-order valence-electron chi connectivity index (χ0n) is 15.8. The Kier molecular flexibility index (Phi) is 5.85. The second kappa shape index (κ2) is 8.50. The van der Waals surface area contributed by atoms with Crippen molar-refractivity contribution < 1.29 is 9.32 Å². The Labute approximate surface area is 163 Å². The zero-order chi connectivity index (χ0) is 18.6. The average Bonchev–Trinajstić information content (AvgIpc) is 3.35. The summed E-state index contributed by atoms with van der Waals surface area (Å²) in [5, 5.41) is 8.10. The first-order chi connectivity index (χ1) is 13.2. The number of rotatable bonds is 5. The molecule has 27 heavy (non-hydrogen) atoms. The van der Waals surface area contributed by atoms with E-state index in [2.05, 4.69) is 31.8 Å². The van der Waals surface area contributed by atoms with Crippen molar-refractivity contribution in [2.24, 2.45) is 0 Å². The lowest BCUT2D eigenvalue weighted by Crippen LogP contribution is -2.51. The van der Waals surface area contributed by atoms with Gasteiger partial charge in [-0.3, -0.25) is 14.6 Å². The van der Waals surface area contributed by atoms with Gasteiger partial charge in [-0.1, -0.05) is 5.16 Å². The Morgan fingerprint density at radius 2 is 2.04 bits per heavy atom. The molecule has 0 aromatic carbocycles. The van der Waals surface area contributed by atoms with Crippen molar-refractivity contribution in [1.82, 2.24) is 24.8 Å². The molecule has 2 aliphatic heterocycles. The van der Waals surface area contributed by atoms with E-state index in [1.54, 1.807) is 11.3 Å². The van der Waals surface area contributed by atoms with Crippen LogP contribution < -0.4 is 0 Å². The predicted octanol–water partition coefficient (Wildman–Crippen LogP) is 2.32. The molecule has 0 bridgehead atoms. The molecular formula is C19H27N5O2S. The van der Waals surface area contributed by atoms with Gasteiger partial charge in [0.1, 0.15) is 0 Å². The fourth-order valence-electron chi connectivity index (χ4n) is 3.88. The van der Waals surface area contributed by atoms with Crippen molar-refractivity contribution in [3.63, 3.8) is 0 Å². The van der Waals surface area contributed by atoms with Gasteiger partial charge in [0.15, 0.2) is 0 Å². The lowest BCUT2D eigenvalue weighted by Gasteiger charge is -2.37. The molecule has 1 amide bonds. The highest BCUT2D eigenvalue weighted by Gasteiger charge is 2.26. The molecular weight excluding hydrogens is 362 g/mol. The number of hydrogen-bond acceptors (Lipinski definition) is 7. The molecule has 2 aromatic heterocycles. The molecule has 8 heteroatoms. The monoisotopic (exact) mass is 389 g/mol. The second-order valence-electron chi connectivity index (χ2n) is 7.51. The van der Waals surface area contributed by atoms with Gasteiger partial charge in [0, 0.05) is 49.7 Å². The van der Waals surface area contributed by atoms with Gasteiger partial charge in [0.05, 0.1) is 13.1 Å². The number of piperazine rings is 1. The van der Waals surface area contributed by atoms with Crippen LogP contribution in [0.3, 0.4) is 0 Å². The lowest BCUT2D eigenvalue weighted by molar-refractivity contribution is -0.136. The lowest BCUT2D eigenvalue weighted by atomic mass is 10.0. The summed E-state index contributed by atoms with van der Waals surface area (Å²) in [5.41, 5.74) is 1.00. The van der Waals surface area contributed by atoms with Crippen LogP contribution in [0, 0.1) is 0 Å². The molecule has 0 radical (unpaired) electrons. The van der Waals surface area contributed by atoms with Crippen LogP contribution in [0.25, 0.3) is 11.4 Å². The molecule has 1 unspecified atom stereocenters. The van der Waals surface area contributed by atoms with E-state index in [-0.39, 0.29) is 5.91 Å². The third-order valence-corrected chi connectivity index (χ3v) is 6.24. The maximum Gasteiger partial charge on any atom is 0.241 e. The maximum absolute atomic E-state index is 12.6. The predicted molar refractivity (Wildman–Crippen MR) is 104 cm³/mol. The smallest absolute Gasteiger partial charge is 0.241 e. The van der Waals surface area contributed by atoms with Crippen LogP contribution in [0.1, 0.15) is 32.1 Å². The van der Waals surface area contributed by atoms with Crippen LogP contribution in [0.15, 0.2) is 21.3 Å². The highest BCUT2D eigenvalue weighted by molar-refractivity contribution is 7.08. The Hall–Kier alpha value is -1.77. The highest BCUT2D eigenvalue weighted by Crippen LogP contribution is 2.20. The number of likely N-dealkylation sites (tertiary alicyclic amines) is 1. The van der Waals surface area contributed by atoms with Gasteiger partial charge in [-0.15, -0.1) is 0 Å². The average molecular weight is 390 g/mol. The minimum absolute atomic E-state index is 0.285. The zero-order valence-corrected chi connectivity index (χ0v) is 16.7. The third-order valence-electron chi connectivity index (χ3n) is 5.55. The van der Waals surface area contributed by atoms with E-state index >= 15 is 0 Å². The number of aromatic nitrogens is 2. The first kappa shape index (κ1) is 18.6. The fraction of sp³-hybridized carbons (Fsp3) is 0.632. The number of piperidine rings is 1. The SMILES string of the molecule is CC1CCCCN1C(=O)CN1CCN(Cc2nc(-c3ccsc3)no2)CC1. The number of carbonyl (C=O) groups excluding carboxylic acids is 1. The molecule has 0 N–H and O–H groups in total. The summed E-state index contributed by atoms with van der Waals surface area (Å²) < 4.78 is 5.40. The Bertz CT molecular complexity index is 739. The first-order valence-corrected chi connectivity index (χ1v) is 10.7. The molecule has 0 spiro atoms. The van der Waals surface area contributed by atoms with Crippen LogP contribution in [0.5, 0.6) is 0 Å². The molecule has 0 aliphatic carbocycles. The largest absolute Gasteiger partial charge is 0.339 e. The quantitative estimate of drug-likeness (QED) is 0.782. The van der Waals surface area contributed by atoms with Crippen LogP contribution in [0.2, 0.25) is 0 Å². The molecule has 2 aromatic rings. The topological polar surface area (TPSA) is 65.7 Å². The van der Waals surface area contributed by atoms with Crippen molar-refractivity contribution in [3.05, 3.63) is 22.7 Å². The van der Waals surface area contributed by atoms with Crippen molar-refractivity contribution in [2.45, 2.75) is 38.8 Å². The number of amides is 1. The Balaban J connectivity index is 1.24. The summed E-state index contributed by atoms with van der Waals surface area (Å²) in [6, 6.07) is 2.39. The van der Waals surface area contributed by atoms with E-state index in [0.717, 1.165) is 51.1 Å². The van der Waals surface area contributed by atoms with Gasteiger partial charge in [0.25, 0.3) is 0 Å². The first-order valence-electron chi connectivity index (χ1n) is 9.78. The number of carbonyl (C=O) groups is 1. The normalized spacial score (nSPS) is 22.3. The maximum atomic E-state index is 12.6. The second-order valence-corrected chi connectivity index (χ2v) is 8.29. The van der Waals surface area contributed by atoms with Crippen LogP contribution in [0.4, 0.5) is 0 Å². The number of nitrogens with zero attached hydrogens (tertiary/aromatic N) is 5. The molecule has 0 saturated carbocycles. The van der Waals surface area contributed by atoms with Gasteiger partial charge in [-0.2, -0.15) is 16.3 Å². The van der Waals surface area contributed by atoms with Gasteiger partial charge in [-0.25, -0.2) is 0 Å². The van der Waals surface area contributed by atoms with Crippen molar-refractivity contribution >= 4 is 17.2 Å². The van der Waals surface area contributed by atoms with E-state index in [4.69, 9.17) is 4.52 Å². The van der Waals surface area contributed by atoms with Crippen molar-refractivity contribution in [1.29, 1.82) is 0 Å². The van der Waals surface area contributed by atoms with Crippen LogP contribution in [-0.2, 0) is 11.3 Å². The minimum atomic E-state index is 0.285. The van der Waals surface area contributed by atoms with Gasteiger partial charge in [0.2, 0.25) is 17.6 Å². The molecule has 2 aliphatic rings. The van der Waals surface area contributed by atoms with Gasteiger partial charge < -0.3 is 9.42 Å². The fourth-order valence-corrected chi connectivity index (χ4v) is 4.51. The van der Waals surface area contributed by atoms with E-state index in [9.17, 15) is 4.79 Å². The summed E-state index contributed by atoms with van der Waals surface area (Å²) in [6.45, 7) is 7.94. The summed E-state index contributed by atoms with van der Waals surface area (Å²) in [4.78, 5) is 23.8. The molecule has 4 rings (SSSR count). The van der Waals surface area contributed by atoms with Crippen LogP contribution in [-0.4, -0.2) is 76.1 Å². The Morgan fingerprint density at radius 3 is 2.78 bits per heavy atom. The highest BCUT2D eigenvalue weighted by atomic mass is 32.1. The van der Waals surface area contributed by atoms with E-state index in [1.165, 1.54) is 6.42 Å². The summed E-state index contributed by atoms with van der Waals surface area (Å²) in [7, 11) is 0. The summed E-state index contributed by atoms with van der Waals surface area (Å²) in [6.07, 6.45) is 3.52. The van der Waals surface area contributed by atoms with E-state index < -0.39 is 0 Å². The molecule has 2 saturated heterocycles. The van der Waals surface area contributed by atoms with Crippen LogP contribution >= 0.6 is 11.3 Å².